The Kier molecular flexibility index (Phi) is 3.50. The molecule has 0 aliphatic carbocycles. The van der Waals surface area contributed by atoms with E-state index in [1.807, 2.05) is 13.0 Å². The third kappa shape index (κ3) is 2.90. The summed E-state index contributed by atoms with van der Waals surface area (Å²) in [7, 11) is 1.67. The molecule has 1 N–H and O–H groups in total. The van der Waals surface area contributed by atoms with Gasteiger partial charge in [0.1, 0.15) is 28.7 Å². The van der Waals surface area contributed by atoms with Crippen LogP contribution >= 0.6 is 0 Å². The third-order valence-corrected chi connectivity index (χ3v) is 2.61. The van der Waals surface area contributed by atoms with Crippen LogP contribution in [0.2, 0.25) is 0 Å². The Labute approximate surface area is 109 Å². The normalized spacial score (nSPS) is 10.5. The number of furan rings is 1. The molecule has 2 aromatic heterocycles. The molecule has 0 saturated heterocycles. The fourth-order valence-electron chi connectivity index (χ4n) is 1.77. The average molecular weight is 264 g/mol. The number of carboxylic acids is 1. The molecule has 0 saturated carbocycles. The van der Waals surface area contributed by atoms with E-state index in [1.54, 1.807) is 18.0 Å². The van der Waals surface area contributed by atoms with Gasteiger partial charge in [-0.1, -0.05) is 0 Å². The minimum absolute atomic E-state index is 0.175. The SMILES string of the molecule is Cc1ccc(CN(C)c2ncc(F)cc2C(=O)O)o1. The summed E-state index contributed by atoms with van der Waals surface area (Å²) in [6, 6.07) is 4.57. The lowest BCUT2D eigenvalue weighted by molar-refractivity contribution is 0.0696. The molecule has 0 unspecified atom stereocenters. The first kappa shape index (κ1) is 13.1. The van der Waals surface area contributed by atoms with Gasteiger partial charge in [-0.05, 0) is 25.1 Å². The zero-order valence-corrected chi connectivity index (χ0v) is 10.6. The van der Waals surface area contributed by atoms with E-state index in [0.717, 1.165) is 18.0 Å². The summed E-state index contributed by atoms with van der Waals surface area (Å²) in [5, 5.41) is 9.05. The second kappa shape index (κ2) is 5.09. The van der Waals surface area contributed by atoms with Crippen LogP contribution in [0.4, 0.5) is 10.2 Å². The van der Waals surface area contributed by atoms with Crippen molar-refractivity contribution in [3.05, 3.63) is 47.3 Å². The molecule has 0 radical (unpaired) electrons. The molecule has 0 aromatic carbocycles. The number of nitrogens with zero attached hydrogens (tertiary/aromatic N) is 2. The average Bonchev–Trinajstić information content (AvgIpc) is 2.74. The van der Waals surface area contributed by atoms with Crippen LogP contribution in [0, 0.1) is 12.7 Å². The number of carboxylic acid groups (broad SMARTS) is 1. The van der Waals surface area contributed by atoms with Crippen molar-refractivity contribution in [1.82, 2.24) is 4.98 Å². The minimum Gasteiger partial charge on any atom is -0.478 e. The highest BCUT2D eigenvalue weighted by Crippen LogP contribution is 2.20. The predicted molar refractivity (Wildman–Crippen MR) is 66.7 cm³/mol. The fourth-order valence-corrected chi connectivity index (χ4v) is 1.77. The Morgan fingerprint density at radius 3 is 2.84 bits per heavy atom. The summed E-state index contributed by atoms with van der Waals surface area (Å²) in [5.74, 6) is -0.243. The first-order valence-electron chi connectivity index (χ1n) is 5.62. The Hall–Kier alpha value is -2.37. The van der Waals surface area contributed by atoms with E-state index >= 15 is 0 Å². The van der Waals surface area contributed by atoms with Crippen LogP contribution in [0.3, 0.4) is 0 Å². The van der Waals surface area contributed by atoms with Crippen molar-refractivity contribution in [2.24, 2.45) is 0 Å². The molecule has 6 heteroatoms. The number of aromatic nitrogens is 1. The molecule has 0 fully saturated rings. The molecule has 100 valence electrons. The topological polar surface area (TPSA) is 66.6 Å². The molecule has 2 rings (SSSR count). The van der Waals surface area contributed by atoms with Crippen molar-refractivity contribution >= 4 is 11.8 Å². The predicted octanol–water partition coefficient (Wildman–Crippen LogP) is 2.46. The zero-order chi connectivity index (χ0) is 14.0. The van der Waals surface area contributed by atoms with Gasteiger partial charge in [0.15, 0.2) is 0 Å². The Bertz CT molecular complexity index is 610. The fraction of sp³-hybridized carbons (Fsp3) is 0.231. The van der Waals surface area contributed by atoms with Gasteiger partial charge in [0.05, 0.1) is 12.7 Å². The van der Waals surface area contributed by atoms with Crippen molar-refractivity contribution in [2.45, 2.75) is 13.5 Å². The quantitative estimate of drug-likeness (QED) is 0.918. The maximum absolute atomic E-state index is 13.0. The largest absolute Gasteiger partial charge is 0.478 e. The second-order valence-corrected chi connectivity index (χ2v) is 4.20. The second-order valence-electron chi connectivity index (χ2n) is 4.20. The highest BCUT2D eigenvalue weighted by atomic mass is 19.1. The molecular weight excluding hydrogens is 251 g/mol. The summed E-state index contributed by atoms with van der Waals surface area (Å²) in [6.45, 7) is 2.18. The third-order valence-electron chi connectivity index (χ3n) is 2.61. The standard InChI is InChI=1S/C13H13FN2O3/c1-8-3-4-10(19-8)7-16(2)12-11(13(17)18)5-9(14)6-15-12/h3-6H,7H2,1-2H3,(H,17,18). The summed E-state index contributed by atoms with van der Waals surface area (Å²) in [5.41, 5.74) is -0.175. The van der Waals surface area contributed by atoms with Crippen molar-refractivity contribution in [3.8, 4) is 0 Å². The van der Waals surface area contributed by atoms with Crippen molar-refractivity contribution < 1.29 is 18.7 Å². The highest BCUT2D eigenvalue weighted by molar-refractivity contribution is 5.93. The number of rotatable bonds is 4. The molecule has 0 bridgehead atoms. The van der Waals surface area contributed by atoms with Gasteiger partial charge in [-0.2, -0.15) is 0 Å². The number of hydrogen-bond acceptors (Lipinski definition) is 4. The van der Waals surface area contributed by atoms with Crippen LogP contribution in [0.5, 0.6) is 0 Å². The zero-order valence-electron chi connectivity index (χ0n) is 10.6. The number of pyridine rings is 1. The lowest BCUT2D eigenvalue weighted by Crippen LogP contribution is -2.20. The summed E-state index contributed by atoms with van der Waals surface area (Å²) >= 11 is 0. The monoisotopic (exact) mass is 264 g/mol. The van der Waals surface area contributed by atoms with E-state index in [0.29, 0.717) is 12.3 Å². The molecule has 0 amide bonds. The number of aryl methyl sites for hydroxylation is 1. The highest BCUT2D eigenvalue weighted by Gasteiger charge is 2.17. The molecule has 2 aromatic rings. The van der Waals surface area contributed by atoms with Gasteiger partial charge in [0, 0.05) is 7.05 Å². The number of aromatic carboxylic acids is 1. The van der Waals surface area contributed by atoms with Crippen LogP contribution in [-0.2, 0) is 6.54 Å². The van der Waals surface area contributed by atoms with E-state index in [2.05, 4.69) is 4.98 Å². The molecule has 0 aliphatic rings. The van der Waals surface area contributed by atoms with Gasteiger partial charge < -0.3 is 14.4 Å². The Morgan fingerprint density at radius 1 is 1.53 bits per heavy atom. The van der Waals surface area contributed by atoms with E-state index in [1.165, 1.54) is 0 Å². The molecule has 5 nitrogen and oxygen atoms in total. The van der Waals surface area contributed by atoms with E-state index in [-0.39, 0.29) is 11.4 Å². The smallest absolute Gasteiger partial charge is 0.339 e. The van der Waals surface area contributed by atoms with Gasteiger partial charge in [0.2, 0.25) is 0 Å². The lowest BCUT2D eigenvalue weighted by atomic mass is 10.2. The lowest BCUT2D eigenvalue weighted by Gasteiger charge is -2.18. The summed E-state index contributed by atoms with van der Waals surface area (Å²) < 4.78 is 18.4. The first-order chi connectivity index (χ1) is 8.97. The van der Waals surface area contributed by atoms with E-state index in [9.17, 15) is 9.18 Å². The molecule has 2 heterocycles. The van der Waals surface area contributed by atoms with Gasteiger partial charge in [-0.25, -0.2) is 14.2 Å². The maximum atomic E-state index is 13.0. The Balaban J connectivity index is 2.28. The number of carbonyl (C=O) groups is 1. The van der Waals surface area contributed by atoms with Gasteiger partial charge in [-0.15, -0.1) is 0 Å². The van der Waals surface area contributed by atoms with Crippen molar-refractivity contribution in [1.29, 1.82) is 0 Å². The van der Waals surface area contributed by atoms with Gasteiger partial charge in [-0.3, -0.25) is 0 Å². The number of halogens is 1. The van der Waals surface area contributed by atoms with Crippen LogP contribution in [0.25, 0.3) is 0 Å². The van der Waals surface area contributed by atoms with Crippen molar-refractivity contribution in [3.63, 3.8) is 0 Å². The Morgan fingerprint density at radius 2 is 2.26 bits per heavy atom. The molecule has 0 aliphatic heterocycles. The number of hydrogen-bond donors (Lipinski definition) is 1. The van der Waals surface area contributed by atoms with E-state index in [4.69, 9.17) is 9.52 Å². The molecule has 0 atom stereocenters. The summed E-state index contributed by atoms with van der Waals surface area (Å²) in [4.78, 5) is 16.5. The maximum Gasteiger partial charge on any atom is 0.339 e. The van der Waals surface area contributed by atoms with Crippen LogP contribution in [0.1, 0.15) is 21.9 Å². The van der Waals surface area contributed by atoms with Gasteiger partial charge in [0.25, 0.3) is 0 Å². The van der Waals surface area contributed by atoms with Crippen molar-refractivity contribution in [2.75, 3.05) is 11.9 Å². The first-order valence-corrected chi connectivity index (χ1v) is 5.62. The van der Waals surface area contributed by atoms with Crippen LogP contribution in [-0.4, -0.2) is 23.1 Å². The molecule has 19 heavy (non-hydrogen) atoms. The number of anilines is 1. The van der Waals surface area contributed by atoms with E-state index < -0.39 is 11.8 Å². The summed E-state index contributed by atoms with van der Waals surface area (Å²) in [6.07, 6.45) is 0.992. The van der Waals surface area contributed by atoms with Gasteiger partial charge >= 0.3 is 5.97 Å². The van der Waals surface area contributed by atoms with Crippen LogP contribution < -0.4 is 4.90 Å². The molecule has 0 spiro atoms. The molecular formula is C13H13FN2O3. The van der Waals surface area contributed by atoms with Crippen LogP contribution in [0.15, 0.2) is 28.8 Å². The minimum atomic E-state index is -1.22.